The molecule has 2 aromatic carbocycles. The second kappa shape index (κ2) is 8.70. The molecule has 2 aromatic rings. The largest absolute Gasteiger partial charge is 0.396 e. The Bertz CT molecular complexity index is 1060. The van der Waals surface area contributed by atoms with Gasteiger partial charge in [0.1, 0.15) is 10.7 Å². The summed E-state index contributed by atoms with van der Waals surface area (Å²) >= 11 is 0. The number of carbonyl (C=O) groups excluding carboxylic acids is 1. The highest BCUT2D eigenvalue weighted by atomic mass is 32.2. The summed E-state index contributed by atoms with van der Waals surface area (Å²) in [6.07, 6.45) is 1.81. The molecule has 0 heterocycles. The Labute approximate surface area is 170 Å². The van der Waals surface area contributed by atoms with Crippen LogP contribution in [0.25, 0.3) is 0 Å². The number of amides is 1. The monoisotopic (exact) mass is 446 g/mol. The lowest BCUT2D eigenvalue weighted by Gasteiger charge is -2.19. The zero-order valence-electron chi connectivity index (χ0n) is 15.5. The van der Waals surface area contributed by atoms with Crippen molar-refractivity contribution in [3.8, 4) is 0 Å². The maximum absolute atomic E-state index is 14.2. The molecule has 0 aliphatic heterocycles. The lowest BCUT2D eigenvalue weighted by Crippen LogP contribution is -2.38. The van der Waals surface area contributed by atoms with Crippen molar-refractivity contribution in [1.82, 2.24) is 4.72 Å². The molecular formula is C19H18F4N2O4S. The summed E-state index contributed by atoms with van der Waals surface area (Å²) in [4.78, 5) is 11.6. The van der Waals surface area contributed by atoms with Crippen LogP contribution in [0.4, 0.5) is 23.2 Å². The van der Waals surface area contributed by atoms with Gasteiger partial charge >= 0.3 is 0 Å². The average molecular weight is 446 g/mol. The fraction of sp³-hybridized carbons (Fsp3) is 0.316. The SMILES string of the molecule is O=C(Nc1cc(F)c(F)c(F)c1)c1ccc(F)c(S(=O)(=O)NC2CCCC2CO)c1. The van der Waals surface area contributed by atoms with E-state index in [9.17, 15) is 35.9 Å². The van der Waals surface area contributed by atoms with Crippen molar-refractivity contribution < 1.29 is 35.9 Å². The van der Waals surface area contributed by atoms with E-state index in [4.69, 9.17) is 0 Å². The summed E-state index contributed by atoms with van der Waals surface area (Å²) in [5.41, 5.74) is -0.702. The van der Waals surface area contributed by atoms with Crippen LogP contribution in [0.3, 0.4) is 0 Å². The van der Waals surface area contributed by atoms with E-state index in [0.717, 1.165) is 18.2 Å². The summed E-state index contributed by atoms with van der Waals surface area (Å²) in [5, 5.41) is 11.4. The molecule has 1 amide bonds. The van der Waals surface area contributed by atoms with Crippen LogP contribution in [-0.2, 0) is 10.0 Å². The van der Waals surface area contributed by atoms with Gasteiger partial charge in [-0.05, 0) is 37.0 Å². The molecule has 2 atom stereocenters. The number of benzene rings is 2. The highest BCUT2D eigenvalue weighted by molar-refractivity contribution is 7.89. The van der Waals surface area contributed by atoms with Crippen LogP contribution in [0.2, 0.25) is 0 Å². The van der Waals surface area contributed by atoms with Gasteiger partial charge in [0.05, 0.1) is 0 Å². The summed E-state index contributed by atoms with van der Waals surface area (Å²) in [6.45, 7) is -0.219. The summed E-state index contributed by atoms with van der Waals surface area (Å²) in [6, 6.07) is 3.08. The molecule has 0 saturated heterocycles. The van der Waals surface area contributed by atoms with Gasteiger partial charge in [-0.2, -0.15) is 0 Å². The fourth-order valence-corrected chi connectivity index (χ4v) is 4.80. The van der Waals surface area contributed by atoms with E-state index in [-0.39, 0.29) is 18.1 Å². The van der Waals surface area contributed by atoms with Gasteiger partial charge in [-0.1, -0.05) is 6.42 Å². The Balaban J connectivity index is 1.84. The molecule has 6 nitrogen and oxygen atoms in total. The number of hydrogen-bond acceptors (Lipinski definition) is 4. The Kier molecular flexibility index (Phi) is 6.44. The van der Waals surface area contributed by atoms with E-state index < -0.39 is 55.8 Å². The molecule has 0 spiro atoms. The second-order valence-electron chi connectivity index (χ2n) is 6.95. The van der Waals surface area contributed by atoms with Gasteiger partial charge in [0.2, 0.25) is 10.0 Å². The van der Waals surface area contributed by atoms with Crippen molar-refractivity contribution in [2.75, 3.05) is 11.9 Å². The van der Waals surface area contributed by atoms with Gasteiger partial charge in [0.15, 0.2) is 17.5 Å². The Morgan fingerprint density at radius 2 is 1.70 bits per heavy atom. The number of carbonyl (C=O) groups is 1. The second-order valence-corrected chi connectivity index (χ2v) is 8.64. The first-order chi connectivity index (χ1) is 14.1. The third-order valence-electron chi connectivity index (χ3n) is 4.92. The summed E-state index contributed by atoms with van der Waals surface area (Å²) in [5.74, 6) is -7.12. The molecule has 1 aliphatic carbocycles. The van der Waals surface area contributed by atoms with Crippen LogP contribution in [0, 0.1) is 29.2 Å². The van der Waals surface area contributed by atoms with Crippen molar-refractivity contribution in [2.24, 2.45) is 5.92 Å². The van der Waals surface area contributed by atoms with Crippen molar-refractivity contribution in [2.45, 2.75) is 30.2 Å². The van der Waals surface area contributed by atoms with Crippen molar-refractivity contribution in [3.63, 3.8) is 0 Å². The quantitative estimate of drug-likeness (QED) is 0.470. The number of nitrogens with one attached hydrogen (secondary N) is 2. The first-order valence-electron chi connectivity index (χ1n) is 9.01. The van der Waals surface area contributed by atoms with E-state index in [2.05, 4.69) is 10.0 Å². The molecule has 1 aliphatic rings. The zero-order valence-corrected chi connectivity index (χ0v) is 16.3. The van der Waals surface area contributed by atoms with Gasteiger partial charge in [-0.25, -0.2) is 30.7 Å². The standard InChI is InChI=1S/C19H18F4N2O4S/c20-13-5-4-10(19(27)24-12-7-14(21)18(23)15(22)8-12)6-17(13)30(28,29)25-16-3-1-2-11(16)9-26/h4-8,11,16,25-26H,1-3,9H2,(H,24,27). The molecule has 3 N–H and O–H groups in total. The molecule has 1 saturated carbocycles. The third kappa shape index (κ3) is 4.63. The number of sulfonamides is 1. The van der Waals surface area contributed by atoms with Gasteiger partial charge in [0.25, 0.3) is 5.91 Å². The number of aliphatic hydroxyl groups is 1. The smallest absolute Gasteiger partial charge is 0.255 e. The van der Waals surface area contributed by atoms with Crippen LogP contribution in [0.5, 0.6) is 0 Å². The maximum Gasteiger partial charge on any atom is 0.255 e. The molecule has 11 heteroatoms. The first-order valence-corrected chi connectivity index (χ1v) is 10.5. The topological polar surface area (TPSA) is 95.5 Å². The van der Waals surface area contributed by atoms with E-state index in [1.165, 1.54) is 0 Å². The van der Waals surface area contributed by atoms with Crippen LogP contribution < -0.4 is 10.0 Å². The first kappa shape index (κ1) is 22.2. The Morgan fingerprint density at radius 1 is 1.03 bits per heavy atom. The highest BCUT2D eigenvalue weighted by Gasteiger charge is 2.32. The molecule has 0 bridgehead atoms. The van der Waals surface area contributed by atoms with E-state index >= 15 is 0 Å². The minimum Gasteiger partial charge on any atom is -0.396 e. The summed E-state index contributed by atoms with van der Waals surface area (Å²) < 4.78 is 81.4. The average Bonchev–Trinajstić information content (AvgIpc) is 3.12. The lowest BCUT2D eigenvalue weighted by atomic mass is 10.1. The predicted octanol–water partition coefficient (Wildman–Crippen LogP) is 2.93. The molecular weight excluding hydrogens is 428 g/mol. The number of halogens is 4. The molecule has 0 aromatic heterocycles. The highest BCUT2D eigenvalue weighted by Crippen LogP contribution is 2.27. The van der Waals surface area contributed by atoms with Crippen molar-refractivity contribution >= 4 is 21.6 Å². The number of rotatable bonds is 6. The van der Waals surface area contributed by atoms with Crippen LogP contribution in [0.15, 0.2) is 35.2 Å². The van der Waals surface area contributed by atoms with Crippen LogP contribution in [0.1, 0.15) is 29.6 Å². The van der Waals surface area contributed by atoms with Crippen LogP contribution in [-0.4, -0.2) is 32.1 Å². The zero-order chi connectivity index (χ0) is 22.1. The third-order valence-corrected chi connectivity index (χ3v) is 6.43. The Hall–Kier alpha value is -2.50. The molecule has 3 rings (SSSR count). The fourth-order valence-electron chi connectivity index (χ4n) is 3.35. The normalized spacial score (nSPS) is 19.1. The molecule has 0 radical (unpaired) electrons. The van der Waals surface area contributed by atoms with Crippen LogP contribution >= 0.6 is 0 Å². The van der Waals surface area contributed by atoms with E-state index in [1.54, 1.807) is 0 Å². The molecule has 30 heavy (non-hydrogen) atoms. The minimum absolute atomic E-state index is 0.219. The maximum atomic E-state index is 14.2. The molecule has 162 valence electrons. The van der Waals surface area contributed by atoms with Crippen molar-refractivity contribution in [3.05, 3.63) is 59.2 Å². The summed E-state index contributed by atoms with van der Waals surface area (Å²) in [7, 11) is -4.35. The van der Waals surface area contributed by atoms with Gasteiger partial charge in [-0.15, -0.1) is 0 Å². The predicted molar refractivity (Wildman–Crippen MR) is 99.2 cm³/mol. The lowest BCUT2D eigenvalue weighted by molar-refractivity contribution is 0.102. The van der Waals surface area contributed by atoms with Gasteiger partial charge in [0, 0.05) is 36.0 Å². The van der Waals surface area contributed by atoms with Gasteiger partial charge < -0.3 is 10.4 Å². The number of anilines is 1. The molecule has 2 unspecified atom stereocenters. The van der Waals surface area contributed by atoms with Crippen molar-refractivity contribution in [1.29, 1.82) is 0 Å². The number of hydrogen-bond donors (Lipinski definition) is 3. The molecule has 1 fully saturated rings. The minimum atomic E-state index is -4.35. The van der Waals surface area contributed by atoms with E-state index in [0.29, 0.717) is 31.4 Å². The van der Waals surface area contributed by atoms with Gasteiger partial charge in [-0.3, -0.25) is 4.79 Å². The Morgan fingerprint density at radius 3 is 2.33 bits per heavy atom. The van der Waals surface area contributed by atoms with E-state index in [1.807, 2.05) is 0 Å². The number of aliphatic hydroxyl groups excluding tert-OH is 1.